The summed E-state index contributed by atoms with van der Waals surface area (Å²) < 4.78 is 77.5. The second kappa shape index (κ2) is 41.7. The van der Waals surface area contributed by atoms with E-state index in [1.165, 1.54) is 36.4 Å². The summed E-state index contributed by atoms with van der Waals surface area (Å²) >= 11 is 0. The number of rotatable bonds is 21. The zero-order valence-electron chi connectivity index (χ0n) is 79.9. The molecular weight excluding hydrogens is 1850 g/mol. The average molecular weight is 1940 g/mol. The molecule has 38 nitrogen and oxygen atoms in total. The summed E-state index contributed by atoms with van der Waals surface area (Å²) in [5.74, 6) is 0.817. The second-order valence-corrected chi connectivity index (χ2v) is 34.0. The zero-order valence-corrected chi connectivity index (χ0v) is 79.9. The van der Waals surface area contributed by atoms with Gasteiger partial charge in [-0.3, -0.25) is 96.2 Å². The number of benzene rings is 5. The first-order valence-electron chi connectivity index (χ1n) is 45.3. The van der Waals surface area contributed by atoms with Gasteiger partial charge >= 0.3 is 0 Å². The molecule has 19 aromatic heterocycles. The normalized spacial score (nSPS) is 11.1. The number of nitrogens with zero attached hydrogens (tertiary/aromatic N) is 33. The predicted molar refractivity (Wildman–Crippen MR) is 537 cm³/mol. The first-order chi connectivity index (χ1) is 70.4. The van der Waals surface area contributed by atoms with Gasteiger partial charge in [0.1, 0.15) is 56.3 Å². The molecule has 41 heteroatoms. The Balaban J connectivity index is 0.000000110. The standard InChI is InChI=1S/C19H19N5O2.C18H14N6.C17H13F2N5.C17H14FN5.C17H14N6O2.C16H16N6O/c1-23-12-15(9-21-23)14-7-17-16(20-8-14)10-22-24(17)11-13-4-5-18(25-2)19(6-13)26-3;1-19-16-6-4-3-5-13(16)12-24-18-7-14(8-20-17(18)10-22-24)15-9-21-23(2)11-15;1-23-9-13(7-21-23)12-4-17-16(20-6-12)8-22-24(17)10-11-2-3-14(18)5-15(11)19;1-22-11-14(8-20-22)13-6-17-16(19-7-13)9-21-23(17)10-12-2-4-15(18)5-3-12;1-21-11-14(8-19-21)13-6-17-16(18-7-13)9-20-22(17)10-12-2-4-15(5-3-12)23(24)25;1-10-14(11(2)23-20-10)9-22-16-4-12(5-17-15(16)7-19-22)13-6-18-21(3)8-13/h4-10,12H,11H2,1-3H3;3-11H,12H2,2H3;2-9H,10H2,1H3;2-9,11H,10H2,1H3;2-9,11H,10H2,1H3;4-8H,9H2,1-3H3. The van der Waals surface area contributed by atoms with Crippen molar-refractivity contribution in [3.63, 3.8) is 0 Å². The van der Waals surface area contributed by atoms with E-state index in [0.29, 0.717) is 61.0 Å². The van der Waals surface area contributed by atoms with Gasteiger partial charge < -0.3 is 14.0 Å². The van der Waals surface area contributed by atoms with Crippen LogP contribution >= 0.6 is 0 Å². The topological polar surface area (TPSA) is 383 Å². The van der Waals surface area contributed by atoms with Crippen molar-refractivity contribution in [1.82, 2.24) is 152 Å². The van der Waals surface area contributed by atoms with E-state index in [2.05, 4.69) is 125 Å². The van der Waals surface area contributed by atoms with Gasteiger partial charge in [-0.05, 0) is 103 Å². The average Bonchev–Trinajstić information content (AvgIpc) is 1.67. The molecule has 0 atom stereocenters. The fraction of sp³-hybridized carbons (Fsp3) is 0.154. The summed E-state index contributed by atoms with van der Waals surface area (Å²) in [5, 5.41) is 66.4. The number of pyridine rings is 6. The molecular formula is C104H90F3N33O5. The summed E-state index contributed by atoms with van der Waals surface area (Å²) in [6.07, 6.45) is 43.8. The third kappa shape index (κ3) is 21.6. The lowest BCUT2D eigenvalue weighted by Crippen LogP contribution is -2.04. The van der Waals surface area contributed by atoms with Crippen molar-refractivity contribution in [3.8, 4) is 78.3 Å². The number of halogens is 3. The molecule has 0 unspecified atom stereocenters. The number of fused-ring (bicyclic) bond motifs is 6. The molecule has 24 rings (SSSR count). The van der Waals surface area contributed by atoms with Crippen LogP contribution in [0.5, 0.6) is 11.5 Å². The van der Waals surface area contributed by atoms with E-state index in [0.717, 1.165) is 173 Å². The van der Waals surface area contributed by atoms with Gasteiger partial charge in [-0.2, -0.15) is 61.2 Å². The van der Waals surface area contributed by atoms with Crippen LogP contribution in [0.1, 0.15) is 44.8 Å². The lowest BCUT2D eigenvalue weighted by Gasteiger charge is -2.10. The first kappa shape index (κ1) is 94.5. The monoisotopic (exact) mass is 1940 g/mol. The van der Waals surface area contributed by atoms with Gasteiger partial charge in [-0.1, -0.05) is 65.8 Å². The molecule has 0 aliphatic carbocycles. The van der Waals surface area contributed by atoms with Gasteiger partial charge in [0.05, 0.1) is 178 Å². The van der Waals surface area contributed by atoms with Crippen LogP contribution < -0.4 is 9.47 Å². The number of aryl methyl sites for hydroxylation is 8. The van der Waals surface area contributed by atoms with Gasteiger partial charge in [0, 0.05) is 213 Å². The van der Waals surface area contributed by atoms with Crippen LogP contribution in [-0.2, 0) is 81.6 Å². The molecule has 0 aliphatic heterocycles. The smallest absolute Gasteiger partial charge is 0.269 e. The van der Waals surface area contributed by atoms with Crippen molar-refractivity contribution >= 4 is 77.6 Å². The highest BCUT2D eigenvalue weighted by Gasteiger charge is 2.21. The molecule has 0 aliphatic rings. The van der Waals surface area contributed by atoms with Gasteiger partial charge in [0.15, 0.2) is 17.2 Å². The Morgan fingerprint density at radius 3 is 0.972 bits per heavy atom. The fourth-order valence-electron chi connectivity index (χ4n) is 16.3. The van der Waals surface area contributed by atoms with Crippen LogP contribution in [0.25, 0.3) is 138 Å². The number of hydrogen-bond donors (Lipinski definition) is 0. The summed E-state index contributed by atoms with van der Waals surface area (Å²) in [6, 6.07) is 42.2. The summed E-state index contributed by atoms with van der Waals surface area (Å²) in [4.78, 5) is 40.8. The van der Waals surface area contributed by atoms with Crippen LogP contribution in [0.2, 0.25) is 0 Å². The first-order valence-corrected chi connectivity index (χ1v) is 45.3. The number of hydrogen-bond acceptors (Lipinski definition) is 24. The third-order valence-corrected chi connectivity index (χ3v) is 24.0. The summed E-state index contributed by atoms with van der Waals surface area (Å²) in [7, 11) is 14.5. The molecule has 0 N–H and O–H groups in total. The maximum absolute atomic E-state index is 13.9. The predicted octanol–water partition coefficient (Wildman–Crippen LogP) is 17.8. The van der Waals surface area contributed by atoms with E-state index >= 15 is 0 Å². The molecule has 19 heterocycles. The molecule has 0 spiro atoms. The van der Waals surface area contributed by atoms with E-state index in [4.69, 9.17) is 20.6 Å². The minimum atomic E-state index is -0.595. The number of aromatic nitrogens is 31. The number of para-hydroxylation sites is 1. The number of nitro groups is 1. The molecule has 0 saturated carbocycles. The highest BCUT2D eigenvalue weighted by molar-refractivity contribution is 5.85. The van der Waals surface area contributed by atoms with Crippen molar-refractivity contribution in [2.45, 2.75) is 53.1 Å². The van der Waals surface area contributed by atoms with Crippen molar-refractivity contribution < 1.29 is 32.1 Å². The third-order valence-electron chi connectivity index (χ3n) is 24.0. The van der Waals surface area contributed by atoms with Crippen LogP contribution in [-0.4, -0.2) is 172 Å². The van der Waals surface area contributed by atoms with E-state index in [1.807, 2.05) is 221 Å². The number of ether oxygens (including phenoxy) is 2. The lowest BCUT2D eigenvalue weighted by atomic mass is 10.1. The van der Waals surface area contributed by atoms with Crippen molar-refractivity contribution in [3.05, 3.63) is 378 Å². The Morgan fingerprint density at radius 1 is 0.338 bits per heavy atom. The minimum Gasteiger partial charge on any atom is -0.493 e. The summed E-state index contributed by atoms with van der Waals surface area (Å²) in [6.45, 7) is 14.2. The maximum atomic E-state index is 13.9. The molecule has 0 saturated heterocycles. The maximum Gasteiger partial charge on any atom is 0.269 e. The van der Waals surface area contributed by atoms with E-state index in [1.54, 1.807) is 133 Å². The van der Waals surface area contributed by atoms with Crippen molar-refractivity contribution in [2.75, 3.05) is 14.2 Å². The van der Waals surface area contributed by atoms with Crippen LogP contribution in [0, 0.1) is 48.0 Å². The molecule has 722 valence electrons. The van der Waals surface area contributed by atoms with Crippen molar-refractivity contribution in [2.24, 2.45) is 42.3 Å². The Morgan fingerprint density at radius 2 is 0.655 bits per heavy atom. The molecule has 0 fully saturated rings. The number of methoxy groups -OCH3 is 2. The van der Waals surface area contributed by atoms with Crippen LogP contribution in [0.15, 0.2) is 299 Å². The number of non-ortho nitro benzene ring substituents is 1. The van der Waals surface area contributed by atoms with Gasteiger partial charge in [-0.25, -0.2) is 18.0 Å². The van der Waals surface area contributed by atoms with Crippen LogP contribution in [0.4, 0.5) is 24.5 Å². The molecule has 24 aromatic rings. The second-order valence-electron chi connectivity index (χ2n) is 34.0. The highest BCUT2D eigenvalue weighted by atomic mass is 19.1. The molecule has 0 radical (unpaired) electrons. The zero-order chi connectivity index (χ0) is 100. The Hall–Kier alpha value is -19.4. The van der Waals surface area contributed by atoms with E-state index in [-0.39, 0.29) is 18.0 Å². The fourth-order valence-corrected chi connectivity index (χ4v) is 16.3. The molecule has 0 bridgehead atoms. The lowest BCUT2D eigenvalue weighted by molar-refractivity contribution is -0.384. The number of nitro benzene ring substituents is 1. The largest absolute Gasteiger partial charge is 0.493 e. The van der Waals surface area contributed by atoms with Crippen molar-refractivity contribution in [1.29, 1.82) is 0 Å². The minimum absolute atomic E-state index is 0.0783. The molecule has 5 aromatic carbocycles. The quantitative estimate of drug-likeness (QED) is 0.0366. The van der Waals surface area contributed by atoms with Gasteiger partial charge in [0.2, 0.25) is 0 Å². The Kier molecular flexibility index (Phi) is 27.2. The Labute approximate surface area is 823 Å². The van der Waals surface area contributed by atoms with Gasteiger partial charge in [-0.15, -0.1) is 0 Å². The molecule has 0 amide bonds. The van der Waals surface area contributed by atoms with Crippen LogP contribution in [0.3, 0.4) is 0 Å². The Bertz CT molecular complexity index is 8800. The highest BCUT2D eigenvalue weighted by Crippen LogP contribution is 2.34. The molecule has 145 heavy (non-hydrogen) atoms. The summed E-state index contributed by atoms with van der Waals surface area (Å²) in [5.41, 5.74) is 29.3. The van der Waals surface area contributed by atoms with E-state index in [9.17, 15) is 23.3 Å². The van der Waals surface area contributed by atoms with E-state index < -0.39 is 16.6 Å². The SMILES string of the molecule is COc1ccc(Cn2ncc3ncc(-c4cnn(C)c4)cc32)cc1OC.Cc1noc(C)c1Cn1ncc2ncc(-c3cnn(C)c3)cc21.Cn1cc(-c2cnc3cnn(Cc4ccc(F)cc4)c3c2)cn1.Cn1cc(-c2cnc3cnn(Cc4ccc(F)cc4F)c3c2)cn1.Cn1cc(-c2cnc3cnn(Cc4ccc([N+](=O)[O-])cc4)c3c2)cn1.[C-]#[N+]c1ccccc1Cn1ncc2ncc(-c3cnn(C)c3)cc21. The van der Waals surface area contributed by atoms with Gasteiger partial charge in [0.25, 0.3) is 5.69 Å².